The number of ether oxygens (including phenoxy) is 1. The van der Waals surface area contributed by atoms with Gasteiger partial charge < -0.3 is 16.2 Å². The molecular weight excluding hydrogens is 244 g/mol. The van der Waals surface area contributed by atoms with Crippen LogP contribution >= 0.6 is 0 Å². The van der Waals surface area contributed by atoms with Crippen molar-refractivity contribution in [2.24, 2.45) is 18.5 Å². The van der Waals surface area contributed by atoms with E-state index >= 15 is 0 Å². The van der Waals surface area contributed by atoms with E-state index in [2.05, 4.69) is 5.10 Å². The van der Waals surface area contributed by atoms with E-state index in [4.69, 9.17) is 16.2 Å². The molecule has 0 aliphatic rings. The molecule has 19 heavy (non-hydrogen) atoms. The summed E-state index contributed by atoms with van der Waals surface area (Å²) in [7, 11) is 1.81. The van der Waals surface area contributed by atoms with Gasteiger partial charge in [-0.15, -0.1) is 0 Å². The van der Waals surface area contributed by atoms with Crippen LogP contribution in [0, 0.1) is 0 Å². The zero-order valence-corrected chi connectivity index (χ0v) is 10.6. The van der Waals surface area contributed by atoms with Gasteiger partial charge in [0.1, 0.15) is 11.9 Å². The predicted molar refractivity (Wildman–Crippen MR) is 70.6 cm³/mol. The van der Waals surface area contributed by atoms with Gasteiger partial charge in [-0.1, -0.05) is 12.1 Å². The molecule has 6 nitrogen and oxygen atoms in total. The maximum absolute atomic E-state index is 11.3. The number of carbonyl (C=O) groups excluding carboxylic acids is 1. The van der Waals surface area contributed by atoms with Crippen molar-refractivity contribution in [3.05, 3.63) is 47.8 Å². The number of rotatable bonds is 5. The molecule has 0 saturated carbocycles. The van der Waals surface area contributed by atoms with E-state index in [0.717, 1.165) is 5.56 Å². The molecule has 2 aromatic rings. The third-order valence-electron chi connectivity index (χ3n) is 2.73. The highest BCUT2D eigenvalue weighted by Gasteiger charge is 2.16. The number of aryl methyl sites for hydroxylation is 1. The van der Waals surface area contributed by atoms with E-state index in [0.29, 0.717) is 11.3 Å². The number of benzene rings is 1. The smallest absolute Gasteiger partial charge is 0.252 e. The predicted octanol–water partition coefficient (Wildman–Crippen LogP) is 0.598. The standard InChI is InChI=1S/C13H16N4O2/c1-17-8-9(7-16-17)12(6-14)19-11-5-3-2-4-10(11)13(15)18/h2-5,7-8,12H,6,14H2,1H3,(H2,15,18). The Labute approximate surface area is 111 Å². The molecule has 0 fully saturated rings. The summed E-state index contributed by atoms with van der Waals surface area (Å²) in [6.07, 6.45) is 3.14. The second-order valence-electron chi connectivity index (χ2n) is 4.15. The first-order chi connectivity index (χ1) is 9.11. The maximum atomic E-state index is 11.3. The molecule has 2 rings (SSSR count). The molecule has 1 aromatic heterocycles. The Morgan fingerprint density at radius 3 is 2.79 bits per heavy atom. The van der Waals surface area contributed by atoms with Gasteiger partial charge in [0.2, 0.25) is 0 Å². The van der Waals surface area contributed by atoms with Crippen LogP contribution in [0.3, 0.4) is 0 Å². The van der Waals surface area contributed by atoms with Crippen molar-refractivity contribution in [1.82, 2.24) is 9.78 Å². The van der Waals surface area contributed by atoms with Crippen molar-refractivity contribution in [1.29, 1.82) is 0 Å². The van der Waals surface area contributed by atoms with Crippen LogP contribution in [-0.4, -0.2) is 22.2 Å². The summed E-state index contributed by atoms with van der Waals surface area (Å²) < 4.78 is 7.44. The van der Waals surface area contributed by atoms with Crippen LogP contribution in [0.25, 0.3) is 0 Å². The summed E-state index contributed by atoms with van der Waals surface area (Å²) >= 11 is 0. The largest absolute Gasteiger partial charge is 0.483 e. The Hall–Kier alpha value is -2.34. The highest BCUT2D eigenvalue weighted by molar-refractivity contribution is 5.95. The third-order valence-corrected chi connectivity index (χ3v) is 2.73. The topological polar surface area (TPSA) is 96.2 Å². The van der Waals surface area contributed by atoms with E-state index in [9.17, 15) is 4.79 Å². The monoisotopic (exact) mass is 260 g/mol. The van der Waals surface area contributed by atoms with E-state index < -0.39 is 5.91 Å². The fourth-order valence-corrected chi connectivity index (χ4v) is 1.78. The second-order valence-corrected chi connectivity index (χ2v) is 4.15. The van der Waals surface area contributed by atoms with Crippen molar-refractivity contribution in [3.63, 3.8) is 0 Å². The quantitative estimate of drug-likeness (QED) is 0.822. The Kier molecular flexibility index (Phi) is 3.82. The summed E-state index contributed by atoms with van der Waals surface area (Å²) in [6, 6.07) is 6.82. The molecule has 0 aliphatic carbocycles. The molecule has 0 aliphatic heterocycles. The van der Waals surface area contributed by atoms with E-state index in [1.54, 1.807) is 35.1 Å². The summed E-state index contributed by atoms with van der Waals surface area (Å²) in [5.74, 6) is -0.105. The van der Waals surface area contributed by atoms with Crippen molar-refractivity contribution in [2.45, 2.75) is 6.10 Å². The maximum Gasteiger partial charge on any atom is 0.252 e. The molecule has 100 valence electrons. The number of hydrogen-bond donors (Lipinski definition) is 2. The SMILES string of the molecule is Cn1cc(C(CN)Oc2ccccc2C(N)=O)cn1. The first-order valence-electron chi connectivity index (χ1n) is 5.86. The van der Waals surface area contributed by atoms with Gasteiger partial charge in [0.05, 0.1) is 11.8 Å². The van der Waals surface area contributed by atoms with Crippen LogP contribution in [0.15, 0.2) is 36.7 Å². The molecule has 1 aromatic carbocycles. The van der Waals surface area contributed by atoms with Crippen molar-refractivity contribution in [2.75, 3.05) is 6.54 Å². The molecule has 1 heterocycles. The van der Waals surface area contributed by atoms with E-state index in [-0.39, 0.29) is 12.6 Å². The number of nitrogens with zero attached hydrogens (tertiary/aromatic N) is 2. The molecule has 0 bridgehead atoms. The van der Waals surface area contributed by atoms with Gasteiger partial charge in [-0.05, 0) is 12.1 Å². The van der Waals surface area contributed by atoms with Crippen molar-refractivity contribution >= 4 is 5.91 Å². The van der Waals surface area contributed by atoms with E-state index in [1.807, 2.05) is 13.2 Å². The molecule has 1 unspecified atom stereocenters. The van der Waals surface area contributed by atoms with Crippen LogP contribution in [0.1, 0.15) is 22.0 Å². The minimum absolute atomic E-state index is 0.277. The minimum Gasteiger partial charge on any atom is -0.483 e. The zero-order valence-electron chi connectivity index (χ0n) is 10.6. The van der Waals surface area contributed by atoms with Crippen molar-refractivity contribution < 1.29 is 9.53 Å². The highest BCUT2D eigenvalue weighted by atomic mass is 16.5. The molecule has 0 spiro atoms. The number of primary amides is 1. The van der Waals surface area contributed by atoms with Crippen LogP contribution in [0.5, 0.6) is 5.75 Å². The lowest BCUT2D eigenvalue weighted by molar-refractivity contribution is 0.0993. The average molecular weight is 260 g/mol. The zero-order chi connectivity index (χ0) is 13.8. The van der Waals surface area contributed by atoms with Gasteiger partial charge in [-0.2, -0.15) is 5.10 Å². The van der Waals surface area contributed by atoms with Gasteiger partial charge in [0.15, 0.2) is 0 Å². The summed E-state index contributed by atoms with van der Waals surface area (Å²) in [4.78, 5) is 11.3. The minimum atomic E-state index is -0.530. The molecule has 1 atom stereocenters. The average Bonchev–Trinajstić information content (AvgIpc) is 2.82. The molecule has 0 saturated heterocycles. The van der Waals surface area contributed by atoms with Gasteiger partial charge in [0.25, 0.3) is 5.91 Å². The Morgan fingerprint density at radius 2 is 2.21 bits per heavy atom. The second kappa shape index (κ2) is 5.53. The Balaban J connectivity index is 2.26. The Morgan fingerprint density at radius 1 is 1.47 bits per heavy atom. The lowest BCUT2D eigenvalue weighted by Crippen LogP contribution is -2.20. The summed E-state index contributed by atoms with van der Waals surface area (Å²) in [5, 5.41) is 4.07. The van der Waals surface area contributed by atoms with Crippen LogP contribution in [0.4, 0.5) is 0 Å². The number of aromatic nitrogens is 2. The molecule has 6 heteroatoms. The van der Waals surface area contributed by atoms with Gasteiger partial charge in [0, 0.05) is 25.4 Å². The highest BCUT2D eigenvalue weighted by Crippen LogP contribution is 2.24. The molecule has 4 N–H and O–H groups in total. The van der Waals surface area contributed by atoms with Crippen LogP contribution < -0.4 is 16.2 Å². The fourth-order valence-electron chi connectivity index (χ4n) is 1.78. The fraction of sp³-hybridized carbons (Fsp3) is 0.231. The van der Waals surface area contributed by atoms with Crippen LogP contribution in [-0.2, 0) is 7.05 Å². The van der Waals surface area contributed by atoms with Crippen LogP contribution in [0.2, 0.25) is 0 Å². The molecule has 1 amide bonds. The summed E-state index contributed by atoms with van der Waals surface area (Å²) in [5.41, 5.74) is 12.2. The summed E-state index contributed by atoms with van der Waals surface area (Å²) in [6.45, 7) is 0.277. The first kappa shape index (κ1) is 13.1. The number of hydrogen-bond acceptors (Lipinski definition) is 4. The van der Waals surface area contributed by atoms with Gasteiger partial charge >= 0.3 is 0 Å². The lowest BCUT2D eigenvalue weighted by atomic mass is 10.1. The van der Waals surface area contributed by atoms with Gasteiger partial charge in [-0.3, -0.25) is 9.48 Å². The number of para-hydroxylation sites is 1. The number of carbonyl (C=O) groups is 1. The first-order valence-corrected chi connectivity index (χ1v) is 5.86. The Bertz CT molecular complexity index is 580. The number of nitrogens with two attached hydrogens (primary N) is 2. The lowest BCUT2D eigenvalue weighted by Gasteiger charge is -2.17. The van der Waals surface area contributed by atoms with Crippen molar-refractivity contribution in [3.8, 4) is 5.75 Å². The number of amides is 1. The molecule has 0 radical (unpaired) electrons. The van der Waals surface area contributed by atoms with Gasteiger partial charge in [-0.25, -0.2) is 0 Å². The van der Waals surface area contributed by atoms with E-state index in [1.165, 1.54) is 0 Å². The molecular formula is C13H16N4O2. The third kappa shape index (κ3) is 2.92. The normalized spacial score (nSPS) is 12.1.